The topological polar surface area (TPSA) is 38.5 Å². The molecule has 0 radical (unpaired) electrons. The zero-order chi connectivity index (χ0) is 11.7. The predicted octanol–water partition coefficient (Wildman–Crippen LogP) is 1.61. The molecular weight excluding hydrogens is 212 g/mol. The number of ether oxygens (including phenoxy) is 1. The molecule has 3 nitrogen and oxygen atoms in total. The maximum Gasteiger partial charge on any atom is 0.0600 e. The second kappa shape index (κ2) is 5.25. The van der Waals surface area contributed by atoms with Crippen LogP contribution in [0, 0.1) is 11.8 Å². The van der Waals surface area contributed by atoms with Crippen LogP contribution in [0.1, 0.15) is 38.5 Å². The second-order valence-corrected chi connectivity index (χ2v) is 6.14. The maximum absolute atomic E-state index is 5.75. The Morgan fingerprint density at radius 2 is 1.88 bits per heavy atom. The number of fused-ring (bicyclic) bond motifs is 2. The number of nitrogens with zero attached hydrogens (tertiary/aromatic N) is 1. The van der Waals surface area contributed by atoms with E-state index in [-0.39, 0.29) is 0 Å². The number of piperidine rings is 1. The minimum atomic E-state index is 0.480. The van der Waals surface area contributed by atoms with Gasteiger partial charge in [0, 0.05) is 25.7 Å². The summed E-state index contributed by atoms with van der Waals surface area (Å²) in [4.78, 5) is 2.76. The summed E-state index contributed by atoms with van der Waals surface area (Å²) in [6, 6.07) is 0.921. The van der Waals surface area contributed by atoms with Gasteiger partial charge in [-0.05, 0) is 43.9 Å². The fourth-order valence-corrected chi connectivity index (χ4v) is 4.27. The van der Waals surface area contributed by atoms with E-state index >= 15 is 0 Å². The first kappa shape index (κ1) is 11.9. The van der Waals surface area contributed by atoms with Crippen molar-refractivity contribution in [3.05, 3.63) is 0 Å². The van der Waals surface area contributed by atoms with Crippen LogP contribution in [0.5, 0.6) is 0 Å². The van der Waals surface area contributed by atoms with Crippen molar-refractivity contribution in [3.8, 4) is 0 Å². The smallest absolute Gasteiger partial charge is 0.0600 e. The molecular formula is C14H26N2O. The van der Waals surface area contributed by atoms with Gasteiger partial charge in [-0.25, -0.2) is 0 Å². The van der Waals surface area contributed by atoms with Gasteiger partial charge in [0.1, 0.15) is 0 Å². The Balaban J connectivity index is 1.45. The molecule has 3 atom stereocenters. The molecule has 2 N–H and O–H groups in total. The Morgan fingerprint density at radius 1 is 1.06 bits per heavy atom. The Kier molecular flexibility index (Phi) is 3.69. The Morgan fingerprint density at radius 3 is 2.47 bits per heavy atom. The van der Waals surface area contributed by atoms with E-state index in [1.54, 1.807) is 0 Å². The van der Waals surface area contributed by atoms with Crippen molar-refractivity contribution >= 4 is 0 Å². The molecule has 0 aromatic heterocycles. The number of nitrogens with two attached hydrogens (primary N) is 1. The van der Waals surface area contributed by atoms with Crippen LogP contribution in [0.3, 0.4) is 0 Å². The van der Waals surface area contributed by atoms with Crippen molar-refractivity contribution in [1.29, 1.82) is 0 Å². The summed E-state index contributed by atoms with van der Waals surface area (Å²) in [5.74, 6) is 2.10. The van der Waals surface area contributed by atoms with E-state index in [0.29, 0.717) is 12.6 Å². The van der Waals surface area contributed by atoms with Gasteiger partial charge in [-0.15, -0.1) is 0 Å². The summed E-state index contributed by atoms with van der Waals surface area (Å²) >= 11 is 0. The van der Waals surface area contributed by atoms with Crippen LogP contribution in [-0.4, -0.2) is 43.3 Å². The van der Waals surface area contributed by atoms with Gasteiger partial charge in [0.15, 0.2) is 0 Å². The molecule has 0 spiro atoms. The molecule has 98 valence electrons. The largest absolute Gasteiger partial charge is 0.377 e. The molecule has 3 rings (SSSR count). The lowest BCUT2D eigenvalue weighted by Gasteiger charge is -2.39. The highest BCUT2D eigenvalue weighted by Crippen LogP contribution is 2.47. The molecule has 0 aromatic carbocycles. The molecule has 1 heterocycles. The number of likely N-dealkylation sites (tertiary alicyclic amines) is 1. The fourth-order valence-electron chi connectivity index (χ4n) is 4.27. The van der Waals surface area contributed by atoms with E-state index in [0.717, 1.165) is 24.5 Å². The summed E-state index contributed by atoms with van der Waals surface area (Å²) < 4.78 is 5.75. The minimum absolute atomic E-state index is 0.480. The fraction of sp³-hybridized carbons (Fsp3) is 1.00. The molecule has 2 aliphatic carbocycles. The molecule has 2 saturated carbocycles. The first-order chi connectivity index (χ1) is 8.36. The van der Waals surface area contributed by atoms with Crippen LogP contribution >= 0.6 is 0 Å². The lowest BCUT2D eigenvalue weighted by atomic mass is 9.92. The summed E-state index contributed by atoms with van der Waals surface area (Å²) in [6.07, 6.45) is 8.93. The van der Waals surface area contributed by atoms with Crippen LogP contribution < -0.4 is 5.73 Å². The minimum Gasteiger partial charge on any atom is -0.377 e. The van der Waals surface area contributed by atoms with Gasteiger partial charge in [-0.1, -0.05) is 6.42 Å². The highest BCUT2D eigenvalue weighted by Gasteiger charge is 2.42. The standard InChI is InChI=1S/C14H26N2O/c15-5-8-17-13-3-6-16(7-4-13)14-10-11-1-2-12(14)9-11/h11-14H,1-10,15H2. The lowest BCUT2D eigenvalue weighted by molar-refractivity contribution is -0.00505. The number of rotatable bonds is 4. The van der Waals surface area contributed by atoms with E-state index in [4.69, 9.17) is 10.5 Å². The normalized spacial score (nSPS) is 39.0. The van der Waals surface area contributed by atoms with Crippen molar-refractivity contribution in [1.82, 2.24) is 4.90 Å². The molecule has 1 aliphatic heterocycles. The summed E-state index contributed by atoms with van der Waals surface area (Å²) in [6.45, 7) is 3.90. The molecule has 2 bridgehead atoms. The van der Waals surface area contributed by atoms with Crippen molar-refractivity contribution in [2.75, 3.05) is 26.2 Å². The third kappa shape index (κ3) is 2.51. The average molecular weight is 238 g/mol. The second-order valence-electron chi connectivity index (χ2n) is 6.14. The van der Waals surface area contributed by atoms with Gasteiger partial charge in [-0.3, -0.25) is 4.90 Å². The van der Waals surface area contributed by atoms with Crippen LogP contribution in [0.2, 0.25) is 0 Å². The van der Waals surface area contributed by atoms with Crippen molar-refractivity contribution < 1.29 is 4.74 Å². The highest BCUT2D eigenvalue weighted by molar-refractivity contribution is 4.96. The van der Waals surface area contributed by atoms with E-state index in [2.05, 4.69) is 4.90 Å². The molecule has 3 heteroatoms. The third-order valence-corrected chi connectivity index (χ3v) is 5.12. The van der Waals surface area contributed by atoms with Crippen molar-refractivity contribution in [2.24, 2.45) is 17.6 Å². The van der Waals surface area contributed by atoms with Gasteiger partial charge in [0.2, 0.25) is 0 Å². The van der Waals surface area contributed by atoms with Crippen LogP contribution in [-0.2, 0) is 4.74 Å². The van der Waals surface area contributed by atoms with Crippen LogP contribution in [0.15, 0.2) is 0 Å². The van der Waals surface area contributed by atoms with Gasteiger partial charge in [0.05, 0.1) is 12.7 Å². The molecule has 0 aromatic rings. The van der Waals surface area contributed by atoms with E-state index in [9.17, 15) is 0 Å². The van der Waals surface area contributed by atoms with Crippen LogP contribution in [0.4, 0.5) is 0 Å². The van der Waals surface area contributed by atoms with Crippen LogP contribution in [0.25, 0.3) is 0 Å². The Bertz CT molecular complexity index is 251. The van der Waals surface area contributed by atoms with Gasteiger partial charge in [0.25, 0.3) is 0 Å². The predicted molar refractivity (Wildman–Crippen MR) is 68.8 cm³/mol. The molecule has 1 saturated heterocycles. The zero-order valence-electron chi connectivity index (χ0n) is 10.8. The number of hydrogen-bond donors (Lipinski definition) is 1. The lowest BCUT2D eigenvalue weighted by Crippen LogP contribution is -2.45. The van der Waals surface area contributed by atoms with Gasteiger partial charge < -0.3 is 10.5 Å². The first-order valence-electron chi connectivity index (χ1n) is 7.42. The quantitative estimate of drug-likeness (QED) is 0.809. The molecule has 3 unspecified atom stereocenters. The van der Waals surface area contributed by atoms with Gasteiger partial charge in [-0.2, -0.15) is 0 Å². The van der Waals surface area contributed by atoms with Gasteiger partial charge >= 0.3 is 0 Å². The summed E-state index contributed by atoms with van der Waals surface area (Å²) in [5, 5.41) is 0. The van der Waals surface area contributed by atoms with Crippen molar-refractivity contribution in [3.63, 3.8) is 0 Å². The Hall–Kier alpha value is -0.120. The van der Waals surface area contributed by atoms with E-state index in [1.165, 1.54) is 51.6 Å². The SMILES string of the molecule is NCCOC1CCN(C2CC3CCC2C3)CC1. The molecule has 17 heavy (non-hydrogen) atoms. The van der Waals surface area contributed by atoms with Crippen molar-refractivity contribution in [2.45, 2.75) is 50.7 Å². The summed E-state index contributed by atoms with van der Waals surface area (Å²) in [5.41, 5.74) is 5.48. The monoisotopic (exact) mass is 238 g/mol. The number of hydrogen-bond acceptors (Lipinski definition) is 3. The highest BCUT2D eigenvalue weighted by atomic mass is 16.5. The molecule has 3 aliphatic rings. The Labute approximate surface area is 105 Å². The summed E-state index contributed by atoms with van der Waals surface area (Å²) in [7, 11) is 0. The molecule has 0 amide bonds. The average Bonchev–Trinajstić information content (AvgIpc) is 2.99. The van der Waals surface area contributed by atoms with E-state index < -0.39 is 0 Å². The first-order valence-corrected chi connectivity index (χ1v) is 7.42. The zero-order valence-corrected chi connectivity index (χ0v) is 10.8. The van der Waals surface area contributed by atoms with E-state index in [1.807, 2.05) is 0 Å². The maximum atomic E-state index is 5.75. The molecule has 3 fully saturated rings. The third-order valence-electron chi connectivity index (χ3n) is 5.12.